The first kappa shape index (κ1) is 17.8. The molecule has 0 spiro atoms. The highest BCUT2D eigenvalue weighted by Gasteiger charge is 2.08. The van der Waals surface area contributed by atoms with Crippen molar-refractivity contribution in [2.45, 2.75) is 20.5 Å². The largest absolute Gasteiger partial charge is 0.487 e. The van der Waals surface area contributed by atoms with Gasteiger partial charge in [0.25, 0.3) is 5.91 Å². The standard InChI is InChI=1S/C23H21N3O2/c1-16-10-17(2)12-18(11-16)23(27)25-19-6-5-7-21(13-19)28-15-20-14-26-9-4-3-8-22(26)24-20/h3-14H,15H2,1-2H3,(H,25,27). The summed E-state index contributed by atoms with van der Waals surface area (Å²) < 4.78 is 7.82. The number of carbonyl (C=O) groups excluding carboxylic acids is 1. The van der Waals surface area contributed by atoms with E-state index in [-0.39, 0.29) is 5.91 Å². The maximum Gasteiger partial charge on any atom is 0.255 e. The number of pyridine rings is 1. The fraction of sp³-hybridized carbons (Fsp3) is 0.130. The number of amides is 1. The van der Waals surface area contributed by atoms with Gasteiger partial charge in [-0.3, -0.25) is 4.79 Å². The number of anilines is 1. The van der Waals surface area contributed by atoms with Gasteiger partial charge >= 0.3 is 0 Å². The quantitative estimate of drug-likeness (QED) is 0.549. The van der Waals surface area contributed by atoms with Gasteiger partial charge < -0.3 is 14.5 Å². The molecule has 0 aliphatic heterocycles. The zero-order valence-electron chi connectivity index (χ0n) is 15.8. The van der Waals surface area contributed by atoms with Crippen LogP contribution in [0.15, 0.2) is 73.1 Å². The molecule has 1 amide bonds. The monoisotopic (exact) mass is 371 g/mol. The van der Waals surface area contributed by atoms with Crippen LogP contribution < -0.4 is 10.1 Å². The van der Waals surface area contributed by atoms with Gasteiger partial charge in [0.05, 0.1) is 5.69 Å². The van der Waals surface area contributed by atoms with Crippen LogP contribution in [0.3, 0.4) is 0 Å². The van der Waals surface area contributed by atoms with Crippen molar-refractivity contribution in [3.05, 3.63) is 95.4 Å². The molecule has 0 aliphatic rings. The van der Waals surface area contributed by atoms with Crippen molar-refractivity contribution in [1.82, 2.24) is 9.38 Å². The van der Waals surface area contributed by atoms with E-state index < -0.39 is 0 Å². The number of benzene rings is 2. The predicted molar refractivity (Wildman–Crippen MR) is 110 cm³/mol. The minimum Gasteiger partial charge on any atom is -0.487 e. The maximum absolute atomic E-state index is 12.5. The number of ether oxygens (including phenoxy) is 1. The first-order valence-corrected chi connectivity index (χ1v) is 9.12. The smallest absolute Gasteiger partial charge is 0.255 e. The second-order valence-electron chi connectivity index (χ2n) is 6.85. The molecule has 0 aliphatic carbocycles. The average molecular weight is 371 g/mol. The SMILES string of the molecule is Cc1cc(C)cc(C(=O)Nc2cccc(OCc3cn4ccccc4n3)c2)c1. The van der Waals surface area contributed by atoms with Gasteiger partial charge in [-0.15, -0.1) is 0 Å². The number of imidazole rings is 1. The zero-order chi connectivity index (χ0) is 19.5. The van der Waals surface area contributed by atoms with Crippen LogP contribution in [0.25, 0.3) is 5.65 Å². The lowest BCUT2D eigenvalue weighted by Crippen LogP contribution is -2.12. The summed E-state index contributed by atoms with van der Waals surface area (Å²) in [6.45, 7) is 4.32. The molecule has 0 saturated heterocycles. The molecule has 28 heavy (non-hydrogen) atoms. The van der Waals surface area contributed by atoms with E-state index in [1.54, 1.807) is 0 Å². The Hall–Kier alpha value is -3.60. The number of hydrogen-bond acceptors (Lipinski definition) is 3. The maximum atomic E-state index is 12.5. The van der Waals surface area contributed by atoms with E-state index in [2.05, 4.69) is 10.3 Å². The van der Waals surface area contributed by atoms with Crippen LogP contribution in [0.5, 0.6) is 5.75 Å². The highest BCUT2D eigenvalue weighted by Crippen LogP contribution is 2.20. The number of aromatic nitrogens is 2. The Bertz CT molecular complexity index is 1090. The topological polar surface area (TPSA) is 55.6 Å². The van der Waals surface area contributed by atoms with Crippen LogP contribution in [0.4, 0.5) is 5.69 Å². The molecule has 5 nitrogen and oxygen atoms in total. The van der Waals surface area contributed by atoms with Crippen molar-refractivity contribution in [3.8, 4) is 5.75 Å². The molecule has 4 rings (SSSR count). The second kappa shape index (κ2) is 7.56. The van der Waals surface area contributed by atoms with Crippen molar-refractivity contribution < 1.29 is 9.53 Å². The molecule has 2 aromatic heterocycles. The van der Waals surface area contributed by atoms with Gasteiger partial charge in [-0.1, -0.05) is 29.3 Å². The van der Waals surface area contributed by atoms with Crippen molar-refractivity contribution >= 4 is 17.2 Å². The lowest BCUT2D eigenvalue weighted by molar-refractivity contribution is 0.102. The first-order valence-electron chi connectivity index (χ1n) is 9.12. The van der Waals surface area contributed by atoms with Gasteiger partial charge in [0, 0.05) is 29.7 Å². The Morgan fingerprint density at radius 2 is 1.86 bits per heavy atom. The molecule has 0 radical (unpaired) electrons. The lowest BCUT2D eigenvalue weighted by Gasteiger charge is -2.09. The zero-order valence-corrected chi connectivity index (χ0v) is 15.8. The van der Waals surface area contributed by atoms with Crippen LogP contribution in [-0.4, -0.2) is 15.3 Å². The van der Waals surface area contributed by atoms with E-state index in [9.17, 15) is 4.79 Å². The number of fused-ring (bicyclic) bond motifs is 1. The third kappa shape index (κ3) is 4.04. The summed E-state index contributed by atoms with van der Waals surface area (Å²) in [6.07, 6.45) is 3.90. The normalized spacial score (nSPS) is 10.8. The summed E-state index contributed by atoms with van der Waals surface area (Å²) in [5.74, 6) is 0.541. The Kier molecular flexibility index (Phi) is 4.81. The molecule has 4 aromatic rings. The molecular formula is C23H21N3O2. The van der Waals surface area contributed by atoms with E-state index in [4.69, 9.17) is 4.74 Å². The molecule has 2 aromatic carbocycles. The Labute approximate surface area is 163 Å². The minimum absolute atomic E-state index is 0.135. The fourth-order valence-electron chi connectivity index (χ4n) is 3.19. The Morgan fingerprint density at radius 3 is 2.64 bits per heavy atom. The van der Waals surface area contributed by atoms with E-state index >= 15 is 0 Å². The van der Waals surface area contributed by atoms with Gasteiger partial charge in [-0.2, -0.15) is 0 Å². The highest BCUT2D eigenvalue weighted by atomic mass is 16.5. The predicted octanol–water partition coefficient (Wildman–Crippen LogP) is 4.78. The van der Waals surface area contributed by atoms with E-state index in [1.165, 1.54) is 0 Å². The summed E-state index contributed by atoms with van der Waals surface area (Å²) in [5, 5.41) is 2.93. The van der Waals surface area contributed by atoms with Crippen LogP contribution in [0.1, 0.15) is 27.2 Å². The van der Waals surface area contributed by atoms with Gasteiger partial charge in [-0.25, -0.2) is 4.98 Å². The molecule has 0 unspecified atom stereocenters. The lowest BCUT2D eigenvalue weighted by atomic mass is 10.1. The molecular weight excluding hydrogens is 350 g/mol. The van der Waals surface area contributed by atoms with E-state index in [0.717, 1.165) is 22.5 Å². The third-order valence-electron chi connectivity index (χ3n) is 4.38. The van der Waals surface area contributed by atoms with Gasteiger partial charge in [0.2, 0.25) is 0 Å². The van der Waals surface area contributed by atoms with Crippen molar-refractivity contribution in [1.29, 1.82) is 0 Å². The molecule has 0 bridgehead atoms. The van der Waals surface area contributed by atoms with Gasteiger partial charge in [0.1, 0.15) is 18.0 Å². The molecule has 140 valence electrons. The number of aryl methyl sites for hydroxylation is 2. The average Bonchev–Trinajstić information content (AvgIpc) is 3.09. The van der Waals surface area contributed by atoms with Crippen LogP contribution in [0, 0.1) is 13.8 Å². The summed E-state index contributed by atoms with van der Waals surface area (Å²) in [6, 6.07) is 19.1. The van der Waals surface area contributed by atoms with Gasteiger partial charge in [0.15, 0.2) is 0 Å². The van der Waals surface area contributed by atoms with Crippen molar-refractivity contribution in [3.63, 3.8) is 0 Å². The Balaban J connectivity index is 1.44. The molecule has 0 fully saturated rings. The van der Waals surface area contributed by atoms with Crippen LogP contribution in [-0.2, 0) is 6.61 Å². The first-order chi connectivity index (χ1) is 13.6. The summed E-state index contributed by atoms with van der Waals surface area (Å²) >= 11 is 0. The second-order valence-corrected chi connectivity index (χ2v) is 6.85. The van der Waals surface area contributed by atoms with Crippen LogP contribution in [0.2, 0.25) is 0 Å². The summed E-state index contributed by atoms with van der Waals surface area (Å²) in [7, 11) is 0. The molecule has 1 N–H and O–H groups in total. The number of rotatable bonds is 5. The summed E-state index contributed by atoms with van der Waals surface area (Å²) in [4.78, 5) is 17.1. The number of nitrogens with zero attached hydrogens (tertiary/aromatic N) is 2. The van der Waals surface area contributed by atoms with Crippen molar-refractivity contribution in [2.75, 3.05) is 5.32 Å². The number of carbonyl (C=O) groups is 1. The minimum atomic E-state index is -0.135. The number of hydrogen-bond donors (Lipinski definition) is 1. The van der Waals surface area contributed by atoms with Crippen LogP contribution >= 0.6 is 0 Å². The molecule has 5 heteroatoms. The third-order valence-corrected chi connectivity index (χ3v) is 4.38. The van der Waals surface area contributed by atoms with Gasteiger partial charge in [-0.05, 0) is 50.2 Å². The van der Waals surface area contributed by atoms with Crippen molar-refractivity contribution in [2.24, 2.45) is 0 Å². The molecule has 0 atom stereocenters. The number of nitrogens with one attached hydrogen (secondary N) is 1. The molecule has 2 heterocycles. The van der Waals surface area contributed by atoms with E-state index in [1.807, 2.05) is 91.3 Å². The summed E-state index contributed by atoms with van der Waals surface area (Å²) in [5.41, 5.74) is 5.20. The Morgan fingerprint density at radius 1 is 1.04 bits per heavy atom. The fourth-order valence-corrected chi connectivity index (χ4v) is 3.19. The molecule has 0 saturated carbocycles. The van der Waals surface area contributed by atoms with E-state index in [0.29, 0.717) is 23.6 Å². The highest BCUT2D eigenvalue weighted by molar-refractivity contribution is 6.04.